The molecular formula is C14H19N3O3. The summed E-state index contributed by atoms with van der Waals surface area (Å²) in [6.45, 7) is 4.28. The molecule has 2 atom stereocenters. The minimum absolute atomic E-state index is 0.198. The number of nitrogens with one attached hydrogen (secondary N) is 1. The highest BCUT2D eigenvalue weighted by Crippen LogP contribution is 2.34. The van der Waals surface area contributed by atoms with E-state index in [0.717, 1.165) is 0 Å². The Morgan fingerprint density at radius 1 is 1.40 bits per heavy atom. The van der Waals surface area contributed by atoms with Gasteiger partial charge in [0.05, 0.1) is 12.3 Å². The van der Waals surface area contributed by atoms with Gasteiger partial charge < -0.3 is 15.8 Å². The van der Waals surface area contributed by atoms with Crippen LogP contribution in [-0.2, 0) is 9.59 Å². The molecule has 0 spiro atoms. The topological polar surface area (TPSA) is 94.3 Å². The summed E-state index contributed by atoms with van der Waals surface area (Å²) in [5, 5.41) is 2.73. The standard InChI is InChI=1S/C14H19N3O3/c1-3-20-11-6-7-12(16-8(11)2)17-14(19)10-5-4-9(10)13(15)18/h6-7,9-10H,3-5H2,1-2H3,(H2,15,18)(H,16,17,19). The van der Waals surface area contributed by atoms with Gasteiger partial charge >= 0.3 is 0 Å². The zero-order valence-electron chi connectivity index (χ0n) is 11.7. The molecule has 1 aliphatic rings. The molecule has 3 N–H and O–H groups in total. The van der Waals surface area contributed by atoms with E-state index in [4.69, 9.17) is 10.5 Å². The fourth-order valence-electron chi connectivity index (χ4n) is 2.30. The van der Waals surface area contributed by atoms with Crippen molar-refractivity contribution in [1.82, 2.24) is 4.98 Å². The number of primary amides is 1. The summed E-state index contributed by atoms with van der Waals surface area (Å²) in [6, 6.07) is 3.46. The van der Waals surface area contributed by atoms with Crippen LogP contribution in [0.4, 0.5) is 5.82 Å². The lowest BCUT2D eigenvalue weighted by Gasteiger charge is -2.32. The molecule has 20 heavy (non-hydrogen) atoms. The van der Waals surface area contributed by atoms with Crippen LogP contribution >= 0.6 is 0 Å². The molecule has 2 unspecified atom stereocenters. The van der Waals surface area contributed by atoms with E-state index in [1.54, 1.807) is 12.1 Å². The number of carbonyl (C=O) groups is 2. The quantitative estimate of drug-likeness (QED) is 0.846. The molecule has 0 bridgehead atoms. The number of pyridine rings is 1. The summed E-state index contributed by atoms with van der Waals surface area (Å²) in [5.74, 6) is -0.126. The second kappa shape index (κ2) is 5.90. The van der Waals surface area contributed by atoms with E-state index < -0.39 is 5.91 Å². The van der Waals surface area contributed by atoms with E-state index in [-0.39, 0.29) is 17.7 Å². The number of ether oxygens (including phenoxy) is 1. The second-order valence-corrected chi connectivity index (χ2v) is 4.90. The Balaban J connectivity index is 2.01. The van der Waals surface area contributed by atoms with Gasteiger partial charge in [0.2, 0.25) is 11.8 Å². The Morgan fingerprint density at radius 3 is 2.60 bits per heavy atom. The molecule has 6 heteroatoms. The predicted molar refractivity (Wildman–Crippen MR) is 74.2 cm³/mol. The summed E-state index contributed by atoms with van der Waals surface area (Å²) in [5.41, 5.74) is 5.96. The van der Waals surface area contributed by atoms with Gasteiger partial charge in [-0.25, -0.2) is 4.98 Å². The van der Waals surface area contributed by atoms with Gasteiger partial charge in [0.15, 0.2) is 0 Å². The van der Waals surface area contributed by atoms with Crippen LogP contribution in [0.25, 0.3) is 0 Å². The first-order valence-electron chi connectivity index (χ1n) is 6.73. The predicted octanol–water partition coefficient (Wildman–Crippen LogP) is 1.24. The number of carbonyl (C=O) groups excluding carboxylic acids is 2. The van der Waals surface area contributed by atoms with Gasteiger partial charge in [-0.1, -0.05) is 0 Å². The Kier molecular flexibility index (Phi) is 4.22. The zero-order valence-corrected chi connectivity index (χ0v) is 11.7. The van der Waals surface area contributed by atoms with Crippen LogP contribution in [0.3, 0.4) is 0 Å². The average Bonchev–Trinajstić information content (AvgIpc) is 2.30. The van der Waals surface area contributed by atoms with E-state index in [2.05, 4.69) is 10.3 Å². The van der Waals surface area contributed by atoms with Crippen molar-refractivity contribution in [2.45, 2.75) is 26.7 Å². The molecule has 0 aromatic carbocycles. The lowest BCUT2D eigenvalue weighted by molar-refractivity contribution is -0.135. The highest BCUT2D eigenvalue weighted by molar-refractivity contribution is 5.96. The van der Waals surface area contributed by atoms with Crippen LogP contribution < -0.4 is 15.8 Å². The lowest BCUT2D eigenvalue weighted by Crippen LogP contribution is -2.43. The maximum absolute atomic E-state index is 12.0. The number of amides is 2. The number of aryl methyl sites for hydroxylation is 1. The third kappa shape index (κ3) is 2.89. The van der Waals surface area contributed by atoms with Gasteiger partial charge in [-0.3, -0.25) is 9.59 Å². The number of anilines is 1. The SMILES string of the molecule is CCOc1ccc(NC(=O)C2CCC2C(N)=O)nc1C. The number of nitrogens with two attached hydrogens (primary N) is 1. The van der Waals surface area contributed by atoms with Gasteiger partial charge in [-0.15, -0.1) is 0 Å². The number of hydrogen-bond acceptors (Lipinski definition) is 4. The fraction of sp³-hybridized carbons (Fsp3) is 0.500. The highest BCUT2D eigenvalue weighted by atomic mass is 16.5. The molecule has 1 aromatic rings. The highest BCUT2D eigenvalue weighted by Gasteiger charge is 2.40. The summed E-state index contributed by atoms with van der Waals surface area (Å²) in [6.07, 6.45) is 1.37. The van der Waals surface area contributed by atoms with Gasteiger partial charge in [-0.2, -0.15) is 0 Å². The van der Waals surface area contributed by atoms with Crippen LogP contribution in [0.1, 0.15) is 25.5 Å². The molecule has 0 radical (unpaired) electrons. The van der Waals surface area contributed by atoms with Crippen LogP contribution in [0.2, 0.25) is 0 Å². The molecule has 6 nitrogen and oxygen atoms in total. The smallest absolute Gasteiger partial charge is 0.229 e. The van der Waals surface area contributed by atoms with Crippen LogP contribution in [-0.4, -0.2) is 23.4 Å². The Hall–Kier alpha value is -2.11. The molecule has 1 fully saturated rings. The maximum atomic E-state index is 12.0. The molecule has 108 valence electrons. The van der Waals surface area contributed by atoms with E-state index in [9.17, 15) is 9.59 Å². The Morgan fingerprint density at radius 2 is 2.10 bits per heavy atom. The third-order valence-corrected chi connectivity index (χ3v) is 3.57. The van der Waals surface area contributed by atoms with Crippen molar-refractivity contribution in [1.29, 1.82) is 0 Å². The normalized spacial score (nSPS) is 20.9. The largest absolute Gasteiger partial charge is 0.492 e. The Bertz CT molecular complexity index is 530. The van der Waals surface area contributed by atoms with Crippen LogP contribution in [0.15, 0.2) is 12.1 Å². The van der Waals surface area contributed by atoms with Gasteiger partial charge in [0, 0.05) is 11.8 Å². The first-order valence-corrected chi connectivity index (χ1v) is 6.73. The van der Waals surface area contributed by atoms with E-state index >= 15 is 0 Å². The summed E-state index contributed by atoms with van der Waals surface area (Å²) in [7, 11) is 0. The number of nitrogens with zero attached hydrogens (tertiary/aromatic N) is 1. The van der Waals surface area contributed by atoms with Gasteiger partial charge in [0.25, 0.3) is 0 Å². The first-order chi connectivity index (χ1) is 9.52. The second-order valence-electron chi connectivity index (χ2n) is 4.90. The van der Waals surface area contributed by atoms with E-state index in [0.29, 0.717) is 36.7 Å². The third-order valence-electron chi connectivity index (χ3n) is 3.57. The monoisotopic (exact) mass is 277 g/mol. The molecule has 1 heterocycles. The minimum atomic E-state index is -0.410. The van der Waals surface area contributed by atoms with Crippen molar-refractivity contribution in [3.63, 3.8) is 0 Å². The van der Waals surface area contributed by atoms with Gasteiger partial charge in [0.1, 0.15) is 11.6 Å². The fourth-order valence-corrected chi connectivity index (χ4v) is 2.30. The lowest BCUT2D eigenvalue weighted by atomic mass is 9.72. The number of hydrogen-bond donors (Lipinski definition) is 2. The molecule has 2 rings (SSSR count). The van der Waals surface area contributed by atoms with Crippen molar-refractivity contribution < 1.29 is 14.3 Å². The molecule has 1 saturated carbocycles. The summed E-state index contributed by atoms with van der Waals surface area (Å²) < 4.78 is 5.39. The first kappa shape index (κ1) is 14.3. The van der Waals surface area contributed by atoms with Crippen LogP contribution in [0.5, 0.6) is 5.75 Å². The average molecular weight is 277 g/mol. The molecule has 0 aliphatic heterocycles. The minimum Gasteiger partial charge on any atom is -0.492 e. The maximum Gasteiger partial charge on any atom is 0.229 e. The van der Waals surface area contributed by atoms with E-state index in [1.807, 2.05) is 13.8 Å². The van der Waals surface area contributed by atoms with Crippen molar-refractivity contribution in [2.75, 3.05) is 11.9 Å². The van der Waals surface area contributed by atoms with Crippen LogP contribution in [0, 0.1) is 18.8 Å². The van der Waals surface area contributed by atoms with Crippen molar-refractivity contribution in [3.8, 4) is 5.75 Å². The summed E-state index contributed by atoms with van der Waals surface area (Å²) in [4.78, 5) is 27.4. The Labute approximate surface area is 117 Å². The van der Waals surface area contributed by atoms with Crippen molar-refractivity contribution in [2.24, 2.45) is 17.6 Å². The van der Waals surface area contributed by atoms with Crippen molar-refractivity contribution >= 4 is 17.6 Å². The van der Waals surface area contributed by atoms with Gasteiger partial charge in [-0.05, 0) is 38.8 Å². The molecule has 2 amide bonds. The molecule has 1 aromatic heterocycles. The molecule has 0 saturated heterocycles. The molecular weight excluding hydrogens is 258 g/mol. The summed E-state index contributed by atoms with van der Waals surface area (Å²) >= 11 is 0. The number of rotatable bonds is 5. The van der Waals surface area contributed by atoms with Crippen molar-refractivity contribution in [3.05, 3.63) is 17.8 Å². The van der Waals surface area contributed by atoms with E-state index in [1.165, 1.54) is 0 Å². The number of aromatic nitrogens is 1. The zero-order chi connectivity index (χ0) is 14.7. The molecule has 1 aliphatic carbocycles.